The fourth-order valence-corrected chi connectivity index (χ4v) is 1.44. The zero-order chi connectivity index (χ0) is 8.27. The van der Waals surface area contributed by atoms with Crippen LogP contribution in [-0.4, -0.2) is 6.54 Å². The first-order valence-electron chi connectivity index (χ1n) is 3.45. The number of nitrogens with two attached hydrogens (primary N) is 2. The largest absolute Gasteiger partial charge is 0.329 e. The Kier molecular flexibility index (Phi) is 3.29. The van der Waals surface area contributed by atoms with Crippen LogP contribution in [0.1, 0.15) is 11.6 Å². The Morgan fingerprint density at radius 1 is 1.45 bits per heavy atom. The molecule has 1 unspecified atom stereocenters. The van der Waals surface area contributed by atoms with E-state index in [1.54, 1.807) is 0 Å². The van der Waals surface area contributed by atoms with Gasteiger partial charge in [-0.15, -0.1) is 0 Å². The van der Waals surface area contributed by atoms with Gasteiger partial charge in [0, 0.05) is 16.2 Å². The minimum atomic E-state index is -0.0234. The molecule has 0 heterocycles. The second-order valence-corrected chi connectivity index (χ2v) is 3.64. The summed E-state index contributed by atoms with van der Waals surface area (Å²) in [4.78, 5) is 0. The molecule has 0 fully saturated rings. The van der Waals surface area contributed by atoms with Crippen molar-refractivity contribution >= 4 is 22.6 Å². The lowest BCUT2D eigenvalue weighted by Gasteiger charge is -2.08. The van der Waals surface area contributed by atoms with E-state index in [1.165, 1.54) is 3.57 Å². The zero-order valence-electron chi connectivity index (χ0n) is 6.13. The predicted molar refractivity (Wildman–Crippen MR) is 55.1 cm³/mol. The first kappa shape index (κ1) is 8.96. The highest BCUT2D eigenvalue weighted by Gasteiger charge is 2.01. The van der Waals surface area contributed by atoms with E-state index in [9.17, 15) is 0 Å². The van der Waals surface area contributed by atoms with Crippen molar-refractivity contribution in [3.63, 3.8) is 0 Å². The Hall–Kier alpha value is -0.130. The lowest BCUT2D eigenvalue weighted by molar-refractivity contribution is 0.736. The van der Waals surface area contributed by atoms with Crippen LogP contribution in [0.4, 0.5) is 0 Å². The Balaban J connectivity index is 2.86. The molecule has 1 aromatic rings. The molecule has 0 saturated heterocycles. The number of rotatable bonds is 2. The Morgan fingerprint density at radius 2 is 2.18 bits per heavy atom. The number of halogens is 1. The third-order valence-corrected chi connectivity index (χ3v) is 2.20. The normalized spacial score (nSPS) is 13.0. The van der Waals surface area contributed by atoms with Gasteiger partial charge in [-0.1, -0.05) is 12.1 Å². The fourth-order valence-electron chi connectivity index (χ4n) is 0.873. The van der Waals surface area contributed by atoms with E-state index >= 15 is 0 Å². The topological polar surface area (TPSA) is 52.0 Å². The third-order valence-electron chi connectivity index (χ3n) is 1.53. The quantitative estimate of drug-likeness (QED) is 0.788. The SMILES string of the molecule is NCC(N)c1cccc(I)c1. The average molecular weight is 262 g/mol. The van der Waals surface area contributed by atoms with Crippen molar-refractivity contribution in [2.75, 3.05) is 6.54 Å². The maximum Gasteiger partial charge on any atom is 0.0419 e. The van der Waals surface area contributed by atoms with Gasteiger partial charge in [0.25, 0.3) is 0 Å². The van der Waals surface area contributed by atoms with Crippen LogP contribution >= 0.6 is 22.6 Å². The summed E-state index contributed by atoms with van der Waals surface area (Å²) in [5.74, 6) is 0. The minimum Gasteiger partial charge on any atom is -0.329 e. The number of benzene rings is 1. The molecule has 2 nitrogen and oxygen atoms in total. The van der Waals surface area contributed by atoms with Crippen LogP contribution in [0.15, 0.2) is 24.3 Å². The van der Waals surface area contributed by atoms with Crippen molar-refractivity contribution in [2.24, 2.45) is 11.5 Å². The molecule has 1 atom stereocenters. The molecule has 0 radical (unpaired) electrons. The van der Waals surface area contributed by atoms with Gasteiger partial charge in [-0.05, 0) is 40.3 Å². The summed E-state index contributed by atoms with van der Waals surface area (Å²) in [6.45, 7) is 0.500. The predicted octanol–water partition coefficient (Wildman–Crippen LogP) is 1.25. The van der Waals surface area contributed by atoms with E-state index in [-0.39, 0.29) is 6.04 Å². The molecule has 0 aromatic heterocycles. The van der Waals surface area contributed by atoms with Gasteiger partial charge in [-0.25, -0.2) is 0 Å². The summed E-state index contributed by atoms with van der Waals surface area (Å²) in [6.07, 6.45) is 0. The molecule has 1 aromatic carbocycles. The smallest absolute Gasteiger partial charge is 0.0419 e. The lowest BCUT2D eigenvalue weighted by atomic mass is 10.1. The molecule has 0 bridgehead atoms. The van der Waals surface area contributed by atoms with E-state index < -0.39 is 0 Å². The van der Waals surface area contributed by atoms with Crippen LogP contribution in [0.2, 0.25) is 0 Å². The average Bonchev–Trinajstić information content (AvgIpc) is 2.03. The van der Waals surface area contributed by atoms with Crippen LogP contribution < -0.4 is 11.5 Å². The molecular weight excluding hydrogens is 251 g/mol. The van der Waals surface area contributed by atoms with Crippen LogP contribution in [0.3, 0.4) is 0 Å². The molecule has 0 aliphatic carbocycles. The number of hydrogen-bond acceptors (Lipinski definition) is 2. The van der Waals surface area contributed by atoms with Crippen molar-refractivity contribution in [1.82, 2.24) is 0 Å². The summed E-state index contributed by atoms with van der Waals surface area (Å²) >= 11 is 2.26. The molecule has 0 spiro atoms. The van der Waals surface area contributed by atoms with Gasteiger partial charge < -0.3 is 11.5 Å². The van der Waals surface area contributed by atoms with E-state index in [2.05, 4.69) is 28.7 Å². The maximum absolute atomic E-state index is 5.73. The zero-order valence-corrected chi connectivity index (χ0v) is 8.28. The van der Waals surface area contributed by atoms with Gasteiger partial charge >= 0.3 is 0 Å². The number of hydrogen-bond donors (Lipinski definition) is 2. The van der Waals surface area contributed by atoms with Crippen LogP contribution in [0.25, 0.3) is 0 Å². The minimum absolute atomic E-state index is 0.0234. The van der Waals surface area contributed by atoms with Gasteiger partial charge in [0.1, 0.15) is 0 Å². The van der Waals surface area contributed by atoms with Gasteiger partial charge in [0.2, 0.25) is 0 Å². The molecule has 0 aliphatic rings. The first-order chi connectivity index (χ1) is 5.24. The van der Waals surface area contributed by atoms with Crippen molar-refractivity contribution in [1.29, 1.82) is 0 Å². The molecule has 3 heteroatoms. The van der Waals surface area contributed by atoms with E-state index in [1.807, 2.05) is 18.2 Å². The van der Waals surface area contributed by atoms with Gasteiger partial charge in [0.05, 0.1) is 0 Å². The van der Waals surface area contributed by atoms with Gasteiger partial charge in [-0.3, -0.25) is 0 Å². The molecular formula is C8H11IN2. The Bertz CT molecular complexity index is 237. The Labute approximate surface area is 80.1 Å². The van der Waals surface area contributed by atoms with Crippen molar-refractivity contribution in [3.8, 4) is 0 Å². The second kappa shape index (κ2) is 4.04. The van der Waals surface area contributed by atoms with Crippen LogP contribution in [-0.2, 0) is 0 Å². The van der Waals surface area contributed by atoms with Gasteiger partial charge in [0.15, 0.2) is 0 Å². The highest BCUT2D eigenvalue weighted by Crippen LogP contribution is 2.12. The van der Waals surface area contributed by atoms with E-state index in [4.69, 9.17) is 11.5 Å². The van der Waals surface area contributed by atoms with Crippen molar-refractivity contribution < 1.29 is 0 Å². The lowest BCUT2D eigenvalue weighted by Crippen LogP contribution is -2.20. The van der Waals surface area contributed by atoms with Gasteiger partial charge in [-0.2, -0.15) is 0 Å². The van der Waals surface area contributed by atoms with E-state index in [0.717, 1.165) is 5.56 Å². The first-order valence-corrected chi connectivity index (χ1v) is 4.53. The summed E-state index contributed by atoms with van der Waals surface area (Å²) in [7, 11) is 0. The molecule has 0 aliphatic heterocycles. The van der Waals surface area contributed by atoms with Crippen molar-refractivity contribution in [3.05, 3.63) is 33.4 Å². The third kappa shape index (κ3) is 2.43. The molecule has 60 valence electrons. The molecule has 0 saturated carbocycles. The summed E-state index contributed by atoms with van der Waals surface area (Å²) in [5.41, 5.74) is 12.3. The molecule has 4 N–H and O–H groups in total. The van der Waals surface area contributed by atoms with Crippen LogP contribution in [0, 0.1) is 3.57 Å². The molecule has 11 heavy (non-hydrogen) atoms. The highest BCUT2D eigenvalue weighted by molar-refractivity contribution is 14.1. The maximum atomic E-state index is 5.73. The van der Waals surface area contributed by atoms with Crippen molar-refractivity contribution in [2.45, 2.75) is 6.04 Å². The highest BCUT2D eigenvalue weighted by atomic mass is 127. The molecule has 0 amide bonds. The van der Waals surface area contributed by atoms with E-state index in [0.29, 0.717) is 6.54 Å². The fraction of sp³-hybridized carbons (Fsp3) is 0.250. The van der Waals surface area contributed by atoms with Crippen LogP contribution in [0.5, 0.6) is 0 Å². The Morgan fingerprint density at radius 3 is 2.73 bits per heavy atom. The second-order valence-electron chi connectivity index (χ2n) is 2.40. The summed E-state index contributed by atoms with van der Waals surface area (Å²) in [6, 6.07) is 8.06. The summed E-state index contributed by atoms with van der Waals surface area (Å²) < 4.78 is 1.20. The molecule has 1 rings (SSSR count). The monoisotopic (exact) mass is 262 g/mol. The summed E-state index contributed by atoms with van der Waals surface area (Å²) in [5, 5.41) is 0. The standard InChI is InChI=1S/C8H11IN2/c9-7-3-1-2-6(4-7)8(11)5-10/h1-4,8H,5,10-11H2.